The summed E-state index contributed by atoms with van der Waals surface area (Å²) in [5.74, 6) is -2.09. The van der Waals surface area contributed by atoms with E-state index in [0.29, 0.717) is 5.56 Å². The van der Waals surface area contributed by atoms with Crippen molar-refractivity contribution < 1.29 is 27.9 Å². The van der Waals surface area contributed by atoms with E-state index in [-0.39, 0.29) is 22.0 Å². The normalized spacial score (nSPS) is 12.5. The van der Waals surface area contributed by atoms with Crippen LogP contribution < -0.4 is 5.32 Å². The summed E-state index contributed by atoms with van der Waals surface area (Å²) in [6, 6.07) is 6.83. The number of halogens is 5. The summed E-state index contributed by atoms with van der Waals surface area (Å²) in [6.45, 7) is 0. The molecule has 0 aromatic heterocycles. The summed E-state index contributed by atoms with van der Waals surface area (Å²) < 4.78 is 37.7. The van der Waals surface area contributed by atoms with Gasteiger partial charge < -0.3 is 10.4 Å². The van der Waals surface area contributed by atoms with Gasteiger partial charge in [-0.1, -0.05) is 35.3 Å². The molecule has 2 N–H and O–H groups in total. The van der Waals surface area contributed by atoms with Crippen molar-refractivity contribution in [3.8, 4) is 0 Å². The molecular formula is C17H12Cl2F3NO3. The maximum atomic E-state index is 12.6. The van der Waals surface area contributed by atoms with E-state index in [1.165, 1.54) is 18.2 Å². The van der Waals surface area contributed by atoms with Crippen LogP contribution in [0.5, 0.6) is 0 Å². The van der Waals surface area contributed by atoms with E-state index in [2.05, 4.69) is 5.32 Å². The molecule has 2 rings (SSSR count). The highest BCUT2D eigenvalue weighted by atomic mass is 35.5. The van der Waals surface area contributed by atoms with Gasteiger partial charge in [0.05, 0.1) is 16.1 Å². The number of benzene rings is 2. The molecule has 0 saturated carbocycles. The quantitative estimate of drug-likeness (QED) is 0.772. The summed E-state index contributed by atoms with van der Waals surface area (Å²) >= 11 is 11.7. The highest BCUT2D eigenvalue weighted by Crippen LogP contribution is 2.29. The topological polar surface area (TPSA) is 66.4 Å². The molecule has 0 heterocycles. The van der Waals surface area contributed by atoms with Crippen LogP contribution in [0, 0.1) is 0 Å². The first kappa shape index (κ1) is 20.1. The van der Waals surface area contributed by atoms with Gasteiger partial charge in [0, 0.05) is 11.4 Å². The molecule has 4 nitrogen and oxygen atoms in total. The van der Waals surface area contributed by atoms with Crippen molar-refractivity contribution in [2.75, 3.05) is 0 Å². The molecule has 26 heavy (non-hydrogen) atoms. The number of carboxylic acids is 1. The van der Waals surface area contributed by atoms with E-state index in [0.717, 1.165) is 24.3 Å². The number of hydrogen-bond acceptors (Lipinski definition) is 2. The third kappa shape index (κ3) is 5.12. The molecule has 1 amide bonds. The molecule has 0 unspecified atom stereocenters. The number of carboxylic acid groups (broad SMARTS) is 1. The first-order valence-electron chi connectivity index (χ1n) is 7.23. The van der Waals surface area contributed by atoms with E-state index >= 15 is 0 Å². The maximum absolute atomic E-state index is 12.6. The zero-order valence-corrected chi connectivity index (χ0v) is 14.5. The van der Waals surface area contributed by atoms with Crippen LogP contribution in [0.2, 0.25) is 10.0 Å². The van der Waals surface area contributed by atoms with Crippen molar-refractivity contribution >= 4 is 35.1 Å². The molecule has 0 aliphatic heterocycles. The minimum absolute atomic E-state index is 0.00200. The van der Waals surface area contributed by atoms with E-state index in [4.69, 9.17) is 23.2 Å². The number of alkyl halides is 3. The molecule has 2 aromatic carbocycles. The number of rotatable bonds is 5. The van der Waals surface area contributed by atoms with Crippen molar-refractivity contribution in [1.82, 2.24) is 5.32 Å². The van der Waals surface area contributed by atoms with Crippen LogP contribution in [0.3, 0.4) is 0 Å². The Hall–Kier alpha value is -2.25. The summed E-state index contributed by atoms with van der Waals surface area (Å²) in [4.78, 5) is 23.6. The fraction of sp³-hybridized carbons (Fsp3) is 0.176. The SMILES string of the molecule is O=C(N[C@@H](Cc1ccc(C(F)(F)F)cc1)C(=O)O)c1cc(Cl)ccc1Cl. The Morgan fingerprint density at radius 1 is 1.08 bits per heavy atom. The monoisotopic (exact) mass is 405 g/mol. The molecule has 1 atom stereocenters. The fourth-order valence-corrected chi connectivity index (χ4v) is 2.55. The molecular weight excluding hydrogens is 394 g/mol. The lowest BCUT2D eigenvalue weighted by molar-refractivity contribution is -0.139. The number of hydrogen-bond donors (Lipinski definition) is 2. The number of nitrogens with one attached hydrogen (secondary N) is 1. The van der Waals surface area contributed by atoms with Gasteiger partial charge in [-0.15, -0.1) is 0 Å². The van der Waals surface area contributed by atoms with Gasteiger partial charge in [0.25, 0.3) is 5.91 Å². The Kier molecular flexibility index (Phi) is 6.15. The first-order valence-corrected chi connectivity index (χ1v) is 7.98. The Bertz CT molecular complexity index is 823. The predicted molar refractivity (Wildman–Crippen MR) is 90.5 cm³/mol. The Morgan fingerprint density at radius 3 is 2.23 bits per heavy atom. The number of amides is 1. The van der Waals surface area contributed by atoms with Crippen LogP contribution in [-0.4, -0.2) is 23.0 Å². The van der Waals surface area contributed by atoms with E-state index in [1.54, 1.807) is 0 Å². The summed E-state index contributed by atoms with van der Waals surface area (Å²) in [5, 5.41) is 11.9. The van der Waals surface area contributed by atoms with Crippen molar-refractivity contribution in [2.24, 2.45) is 0 Å². The smallest absolute Gasteiger partial charge is 0.416 e. The molecule has 0 bridgehead atoms. The lowest BCUT2D eigenvalue weighted by atomic mass is 10.0. The minimum atomic E-state index is -4.48. The standard InChI is InChI=1S/C17H12Cl2F3NO3/c18-11-5-6-13(19)12(8-11)15(24)23-14(16(25)26)7-9-1-3-10(4-2-9)17(20,21)22/h1-6,8,14H,7H2,(H,23,24)(H,25,26)/t14-/m0/s1. The highest BCUT2D eigenvalue weighted by molar-refractivity contribution is 6.35. The van der Waals surface area contributed by atoms with Crippen molar-refractivity contribution in [2.45, 2.75) is 18.6 Å². The molecule has 0 fully saturated rings. The first-order chi connectivity index (χ1) is 12.1. The average molecular weight is 406 g/mol. The van der Waals surface area contributed by atoms with Gasteiger partial charge in [-0.25, -0.2) is 4.79 Å². The molecule has 0 saturated heterocycles. The fourth-order valence-electron chi connectivity index (χ4n) is 2.17. The predicted octanol–water partition coefficient (Wildman–Crippen LogP) is 4.44. The van der Waals surface area contributed by atoms with E-state index < -0.39 is 29.7 Å². The molecule has 138 valence electrons. The van der Waals surface area contributed by atoms with Gasteiger partial charge in [-0.05, 0) is 35.9 Å². The summed E-state index contributed by atoms with van der Waals surface area (Å²) in [7, 11) is 0. The summed E-state index contributed by atoms with van der Waals surface area (Å²) in [6.07, 6.45) is -4.68. The third-order valence-electron chi connectivity index (χ3n) is 3.50. The summed E-state index contributed by atoms with van der Waals surface area (Å²) in [5.41, 5.74) is -0.524. The van der Waals surface area contributed by atoms with Gasteiger partial charge in [0.1, 0.15) is 6.04 Å². The highest BCUT2D eigenvalue weighted by Gasteiger charge is 2.30. The second-order valence-electron chi connectivity index (χ2n) is 5.39. The van der Waals surface area contributed by atoms with Gasteiger partial charge in [-0.3, -0.25) is 4.79 Å². The lowest BCUT2D eigenvalue weighted by Crippen LogP contribution is -2.42. The number of carbonyl (C=O) groups is 2. The van der Waals surface area contributed by atoms with Crippen LogP contribution in [0.15, 0.2) is 42.5 Å². The van der Waals surface area contributed by atoms with Crippen LogP contribution >= 0.6 is 23.2 Å². The lowest BCUT2D eigenvalue weighted by Gasteiger charge is -2.16. The van der Waals surface area contributed by atoms with Gasteiger partial charge in [-0.2, -0.15) is 13.2 Å². The van der Waals surface area contributed by atoms with Crippen LogP contribution in [-0.2, 0) is 17.4 Å². The van der Waals surface area contributed by atoms with Gasteiger partial charge in [0.15, 0.2) is 0 Å². The zero-order valence-electron chi connectivity index (χ0n) is 13.0. The Morgan fingerprint density at radius 2 is 1.69 bits per heavy atom. The molecule has 0 radical (unpaired) electrons. The largest absolute Gasteiger partial charge is 0.480 e. The van der Waals surface area contributed by atoms with Crippen LogP contribution in [0.1, 0.15) is 21.5 Å². The van der Waals surface area contributed by atoms with Crippen molar-refractivity contribution in [3.05, 3.63) is 69.2 Å². The van der Waals surface area contributed by atoms with E-state index in [9.17, 15) is 27.9 Å². The van der Waals surface area contributed by atoms with Crippen LogP contribution in [0.25, 0.3) is 0 Å². The van der Waals surface area contributed by atoms with Gasteiger partial charge in [0.2, 0.25) is 0 Å². The van der Waals surface area contributed by atoms with Crippen molar-refractivity contribution in [1.29, 1.82) is 0 Å². The van der Waals surface area contributed by atoms with Crippen molar-refractivity contribution in [3.63, 3.8) is 0 Å². The van der Waals surface area contributed by atoms with Crippen LogP contribution in [0.4, 0.5) is 13.2 Å². The van der Waals surface area contributed by atoms with E-state index in [1.807, 2.05) is 0 Å². The molecule has 2 aromatic rings. The second-order valence-corrected chi connectivity index (χ2v) is 6.23. The average Bonchev–Trinajstić information content (AvgIpc) is 2.56. The second kappa shape index (κ2) is 7.97. The number of carbonyl (C=O) groups excluding carboxylic acids is 1. The molecule has 0 aliphatic carbocycles. The molecule has 0 spiro atoms. The molecule has 9 heteroatoms. The maximum Gasteiger partial charge on any atom is 0.416 e. The zero-order chi connectivity index (χ0) is 19.5. The van der Waals surface area contributed by atoms with Gasteiger partial charge >= 0.3 is 12.1 Å². The minimum Gasteiger partial charge on any atom is -0.480 e. The number of aliphatic carboxylic acids is 1. The molecule has 0 aliphatic rings. The Labute approximate surface area is 156 Å². The Balaban J connectivity index is 2.15. The third-order valence-corrected chi connectivity index (χ3v) is 4.06.